The zero-order valence-electron chi connectivity index (χ0n) is 9.80. The van der Waals surface area contributed by atoms with Crippen molar-refractivity contribution in [2.45, 2.75) is 12.8 Å². The molecule has 0 saturated carbocycles. The van der Waals surface area contributed by atoms with E-state index in [1.165, 1.54) is 6.33 Å². The van der Waals surface area contributed by atoms with Gasteiger partial charge < -0.3 is 10.1 Å². The molecular formula is C12H14N4O2. The maximum Gasteiger partial charge on any atom is 0.412 e. The minimum Gasteiger partial charge on any atom is -0.410 e. The molecule has 2 aromatic rings. The topological polar surface area (TPSA) is 79.9 Å². The molecule has 0 bridgehead atoms. The Morgan fingerprint density at radius 1 is 1.33 bits per heavy atom. The van der Waals surface area contributed by atoms with E-state index >= 15 is 0 Å². The Bertz CT molecular complexity index is 470. The number of benzene rings is 1. The second-order valence-electron chi connectivity index (χ2n) is 3.67. The van der Waals surface area contributed by atoms with Crippen LogP contribution in [-0.2, 0) is 6.42 Å². The maximum atomic E-state index is 11.4. The zero-order chi connectivity index (χ0) is 12.6. The van der Waals surface area contributed by atoms with Gasteiger partial charge in [-0.05, 0) is 18.6 Å². The van der Waals surface area contributed by atoms with Crippen LogP contribution >= 0.6 is 0 Å². The number of nitrogens with one attached hydrogen (secondary N) is 2. The average molecular weight is 246 g/mol. The lowest BCUT2D eigenvalue weighted by molar-refractivity contribution is 0.200. The smallest absolute Gasteiger partial charge is 0.410 e. The van der Waals surface area contributed by atoms with Crippen molar-refractivity contribution >= 4 is 6.09 Å². The van der Waals surface area contributed by atoms with Crippen LogP contribution in [0.1, 0.15) is 12.2 Å². The van der Waals surface area contributed by atoms with Gasteiger partial charge in [-0.3, -0.25) is 5.10 Å². The van der Waals surface area contributed by atoms with E-state index in [1.807, 2.05) is 18.2 Å². The molecule has 0 saturated heterocycles. The number of ether oxygens (including phenoxy) is 1. The molecule has 0 atom stereocenters. The lowest BCUT2D eigenvalue weighted by Crippen LogP contribution is -2.28. The molecule has 0 fully saturated rings. The number of carbonyl (C=O) groups is 1. The highest BCUT2D eigenvalue weighted by molar-refractivity contribution is 5.70. The molecular weight excluding hydrogens is 232 g/mol. The fourth-order valence-corrected chi connectivity index (χ4v) is 1.43. The molecule has 6 heteroatoms. The summed E-state index contributed by atoms with van der Waals surface area (Å²) >= 11 is 0. The van der Waals surface area contributed by atoms with E-state index in [4.69, 9.17) is 4.74 Å². The van der Waals surface area contributed by atoms with Gasteiger partial charge in [0.1, 0.15) is 17.9 Å². The van der Waals surface area contributed by atoms with Gasteiger partial charge in [0.15, 0.2) is 0 Å². The predicted octanol–water partition coefficient (Wildman–Crippen LogP) is 1.53. The molecule has 18 heavy (non-hydrogen) atoms. The van der Waals surface area contributed by atoms with Gasteiger partial charge in [-0.2, -0.15) is 5.10 Å². The lowest BCUT2D eigenvalue weighted by atomic mass is 10.3. The van der Waals surface area contributed by atoms with E-state index in [2.05, 4.69) is 20.5 Å². The first kappa shape index (κ1) is 12.1. The van der Waals surface area contributed by atoms with Crippen LogP contribution in [-0.4, -0.2) is 27.8 Å². The first-order valence-corrected chi connectivity index (χ1v) is 5.69. The second kappa shape index (κ2) is 6.39. The Kier molecular flexibility index (Phi) is 4.29. The Morgan fingerprint density at radius 3 is 2.89 bits per heavy atom. The molecule has 0 aliphatic rings. The molecule has 2 N–H and O–H groups in total. The van der Waals surface area contributed by atoms with Crippen molar-refractivity contribution in [3.8, 4) is 5.75 Å². The number of aromatic amines is 1. The minimum atomic E-state index is -0.446. The van der Waals surface area contributed by atoms with E-state index in [1.54, 1.807) is 12.1 Å². The average Bonchev–Trinajstić information content (AvgIpc) is 2.89. The largest absolute Gasteiger partial charge is 0.412 e. The summed E-state index contributed by atoms with van der Waals surface area (Å²) in [6, 6.07) is 8.95. The third-order valence-electron chi connectivity index (χ3n) is 2.28. The molecule has 0 aliphatic heterocycles. The first-order chi connectivity index (χ1) is 8.84. The monoisotopic (exact) mass is 246 g/mol. The SMILES string of the molecule is O=C(NCCCc1ncn[nH]1)Oc1ccccc1. The third-order valence-corrected chi connectivity index (χ3v) is 2.28. The molecule has 1 heterocycles. The van der Waals surface area contributed by atoms with Gasteiger partial charge in [0.25, 0.3) is 0 Å². The van der Waals surface area contributed by atoms with E-state index in [0.717, 1.165) is 18.7 Å². The highest BCUT2D eigenvalue weighted by Crippen LogP contribution is 2.07. The van der Waals surface area contributed by atoms with Gasteiger partial charge in [-0.15, -0.1) is 0 Å². The van der Waals surface area contributed by atoms with Crippen LogP contribution in [0.5, 0.6) is 5.75 Å². The molecule has 1 aromatic carbocycles. The van der Waals surface area contributed by atoms with Crippen molar-refractivity contribution in [1.82, 2.24) is 20.5 Å². The third kappa shape index (κ3) is 3.89. The quantitative estimate of drug-likeness (QED) is 0.784. The van der Waals surface area contributed by atoms with Crippen LogP contribution in [0.15, 0.2) is 36.7 Å². The van der Waals surface area contributed by atoms with Crippen LogP contribution < -0.4 is 10.1 Å². The van der Waals surface area contributed by atoms with Crippen LogP contribution in [0.3, 0.4) is 0 Å². The first-order valence-electron chi connectivity index (χ1n) is 5.69. The summed E-state index contributed by atoms with van der Waals surface area (Å²) in [6.45, 7) is 0.534. The molecule has 1 amide bonds. The molecule has 0 radical (unpaired) electrons. The highest BCUT2D eigenvalue weighted by atomic mass is 16.5. The fourth-order valence-electron chi connectivity index (χ4n) is 1.43. The molecule has 6 nitrogen and oxygen atoms in total. The molecule has 0 unspecified atom stereocenters. The van der Waals surface area contributed by atoms with E-state index < -0.39 is 6.09 Å². The normalized spacial score (nSPS) is 10.0. The number of hydrogen-bond donors (Lipinski definition) is 2. The van der Waals surface area contributed by atoms with Gasteiger partial charge >= 0.3 is 6.09 Å². The zero-order valence-corrected chi connectivity index (χ0v) is 9.80. The van der Waals surface area contributed by atoms with Crippen LogP contribution in [0, 0.1) is 0 Å². The summed E-state index contributed by atoms with van der Waals surface area (Å²) < 4.78 is 5.07. The number of hydrogen-bond acceptors (Lipinski definition) is 4. The summed E-state index contributed by atoms with van der Waals surface area (Å²) in [5.74, 6) is 1.35. The number of aromatic nitrogens is 3. The van der Waals surface area contributed by atoms with Crippen LogP contribution in [0.25, 0.3) is 0 Å². The number of nitrogens with zero attached hydrogens (tertiary/aromatic N) is 2. The Labute approximate surface area is 104 Å². The Hall–Kier alpha value is -2.37. The fraction of sp³-hybridized carbons (Fsp3) is 0.250. The van der Waals surface area contributed by atoms with Gasteiger partial charge in [0.2, 0.25) is 0 Å². The lowest BCUT2D eigenvalue weighted by Gasteiger charge is -2.05. The second-order valence-corrected chi connectivity index (χ2v) is 3.67. The van der Waals surface area contributed by atoms with Crippen molar-refractivity contribution < 1.29 is 9.53 Å². The van der Waals surface area contributed by atoms with Crippen molar-refractivity contribution in [3.05, 3.63) is 42.5 Å². The maximum absolute atomic E-state index is 11.4. The minimum absolute atomic E-state index is 0.446. The van der Waals surface area contributed by atoms with Crippen molar-refractivity contribution in [3.63, 3.8) is 0 Å². The van der Waals surface area contributed by atoms with Gasteiger partial charge in [-0.25, -0.2) is 9.78 Å². The summed E-state index contributed by atoms with van der Waals surface area (Å²) in [5, 5.41) is 9.17. The molecule has 1 aromatic heterocycles. The number of amides is 1. The van der Waals surface area contributed by atoms with Crippen molar-refractivity contribution in [2.75, 3.05) is 6.54 Å². The van der Waals surface area contributed by atoms with Gasteiger partial charge in [0, 0.05) is 13.0 Å². The summed E-state index contributed by atoms with van der Waals surface area (Å²) in [7, 11) is 0. The predicted molar refractivity (Wildman–Crippen MR) is 65.2 cm³/mol. The van der Waals surface area contributed by atoms with Crippen LogP contribution in [0.2, 0.25) is 0 Å². The number of H-pyrrole nitrogens is 1. The summed E-state index contributed by atoms with van der Waals surface area (Å²) in [6.07, 6.45) is 2.54. The number of aryl methyl sites for hydroxylation is 1. The standard InChI is InChI=1S/C12H14N4O2/c17-12(18-10-5-2-1-3-6-10)13-8-4-7-11-14-9-15-16-11/h1-3,5-6,9H,4,7-8H2,(H,13,17)(H,14,15,16). The Morgan fingerprint density at radius 2 is 2.17 bits per heavy atom. The van der Waals surface area contributed by atoms with E-state index in [9.17, 15) is 4.79 Å². The molecule has 0 aliphatic carbocycles. The summed E-state index contributed by atoms with van der Waals surface area (Å²) in [4.78, 5) is 15.4. The van der Waals surface area contributed by atoms with E-state index in [0.29, 0.717) is 12.3 Å². The van der Waals surface area contributed by atoms with Gasteiger partial charge in [0.05, 0.1) is 0 Å². The molecule has 94 valence electrons. The van der Waals surface area contributed by atoms with Gasteiger partial charge in [-0.1, -0.05) is 18.2 Å². The van der Waals surface area contributed by atoms with Crippen LogP contribution in [0.4, 0.5) is 4.79 Å². The molecule has 0 spiro atoms. The van der Waals surface area contributed by atoms with Crippen molar-refractivity contribution in [1.29, 1.82) is 0 Å². The number of carbonyl (C=O) groups excluding carboxylic acids is 1. The highest BCUT2D eigenvalue weighted by Gasteiger charge is 2.03. The number of para-hydroxylation sites is 1. The van der Waals surface area contributed by atoms with Crippen molar-refractivity contribution in [2.24, 2.45) is 0 Å². The molecule has 2 rings (SSSR count). The Balaban J connectivity index is 1.63. The van der Waals surface area contributed by atoms with E-state index in [-0.39, 0.29) is 0 Å². The summed E-state index contributed by atoms with van der Waals surface area (Å²) in [5.41, 5.74) is 0. The number of rotatable bonds is 5.